The third kappa shape index (κ3) is 4.16. The van der Waals surface area contributed by atoms with E-state index in [2.05, 4.69) is 5.32 Å². The van der Waals surface area contributed by atoms with Gasteiger partial charge in [0.05, 0.1) is 5.39 Å². The average molecular weight is 294 g/mol. The zero-order valence-corrected chi connectivity index (χ0v) is 12.7. The Hall–Kier alpha value is -1.17. The van der Waals surface area contributed by atoms with E-state index >= 15 is 0 Å². The van der Waals surface area contributed by atoms with Gasteiger partial charge in [0.25, 0.3) is 5.56 Å². The Kier molecular flexibility index (Phi) is 6.24. The van der Waals surface area contributed by atoms with Crippen molar-refractivity contribution in [2.45, 2.75) is 26.3 Å². The number of hydrogen-bond acceptors (Lipinski definition) is 4. The lowest BCUT2D eigenvalue weighted by molar-refractivity contribution is 0.143. The second-order valence-electron chi connectivity index (χ2n) is 4.67. The van der Waals surface area contributed by atoms with Crippen molar-refractivity contribution < 1.29 is 4.74 Å². The lowest BCUT2D eigenvalue weighted by Gasteiger charge is -2.07. The number of nitrogens with one attached hydrogen (secondary N) is 1. The number of unbranched alkanes of at least 4 members (excludes halogenated alkanes) is 1. The van der Waals surface area contributed by atoms with Gasteiger partial charge in [-0.2, -0.15) is 0 Å². The van der Waals surface area contributed by atoms with Crippen molar-refractivity contribution in [1.82, 2.24) is 9.88 Å². The normalized spacial score (nSPS) is 11.2. The van der Waals surface area contributed by atoms with Crippen molar-refractivity contribution in [3.63, 3.8) is 0 Å². The topological polar surface area (TPSA) is 43.3 Å². The summed E-state index contributed by atoms with van der Waals surface area (Å²) in [6.45, 7) is 6.16. The van der Waals surface area contributed by atoms with Crippen molar-refractivity contribution in [1.29, 1.82) is 0 Å². The number of ether oxygens (including phenoxy) is 1. The number of fused-ring (bicyclic) bond motifs is 1. The summed E-state index contributed by atoms with van der Waals surface area (Å²) in [7, 11) is 0. The highest BCUT2D eigenvalue weighted by Crippen LogP contribution is 2.15. The Labute approximate surface area is 123 Å². The fraction of sp³-hybridized carbons (Fsp3) is 0.533. The van der Waals surface area contributed by atoms with Crippen LogP contribution < -0.4 is 10.9 Å². The first-order valence-corrected chi connectivity index (χ1v) is 8.06. The summed E-state index contributed by atoms with van der Waals surface area (Å²) in [5.41, 5.74) is 0.113. The molecule has 0 saturated carbocycles. The summed E-state index contributed by atoms with van der Waals surface area (Å²) in [5.74, 6) is 0. The van der Waals surface area contributed by atoms with Crippen LogP contribution in [0.2, 0.25) is 0 Å². The van der Waals surface area contributed by atoms with Crippen LogP contribution in [0, 0.1) is 0 Å². The van der Waals surface area contributed by atoms with Gasteiger partial charge >= 0.3 is 0 Å². The lowest BCUT2D eigenvalue weighted by Crippen LogP contribution is -2.27. The third-order valence-electron chi connectivity index (χ3n) is 3.22. The highest BCUT2D eigenvalue weighted by Gasteiger charge is 2.02. The predicted molar refractivity (Wildman–Crippen MR) is 84.7 cm³/mol. The molecule has 0 atom stereocenters. The highest BCUT2D eigenvalue weighted by atomic mass is 32.1. The fourth-order valence-corrected chi connectivity index (χ4v) is 2.88. The fourth-order valence-electron chi connectivity index (χ4n) is 2.11. The maximum Gasteiger partial charge on any atom is 0.259 e. The van der Waals surface area contributed by atoms with Crippen LogP contribution in [0.3, 0.4) is 0 Å². The standard InChI is InChI=1S/C15H22N2O2S/c1-2-19-11-4-3-7-16-8-10-17-9-5-14-13(15(17)18)6-12-20-14/h5-6,9,12,16H,2-4,7-8,10-11H2,1H3. The Bertz CT molecular complexity index is 577. The predicted octanol–water partition coefficient (Wildman–Crippen LogP) is 2.47. The van der Waals surface area contributed by atoms with Gasteiger partial charge in [-0.3, -0.25) is 4.79 Å². The van der Waals surface area contributed by atoms with Gasteiger partial charge in [0.2, 0.25) is 0 Å². The molecule has 0 bridgehead atoms. The number of hydrogen-bond donors (Lipinski definition) is 1. The maximum atomic E-state index is 12.2. The van der Waals surface area contributed by atoms with E-state index in [1.54, 1.807) is 15.9 Å². The molecule has 0 aliphatic rings. The van der Waals surface area contributed by atoms with Crippen LogP contribution in [-0.4, -0.2) is 30.9 Å². The van der Waals surface area contributed by atoms with Crippen molar-refractivity contribution in [3.05, 3.63) is 34.1 Å². The average Bonchev–Trinajstić information content (AvgIpc) is 2.93. The molecule has 0 spiro atoms. The van der Waals surface area contributed by atoms with Gasteiger partial charge in [0, 0.05) is 37.2 Å². The number of pyridine rings is 1. The largest absolute Gasteiger partial charge is 0.382 e. The molecule has 0 fully saturated rings. The first kappa shape index (κ1) is 15.2. The zero-order chi connectivity index (χ0) is 14.2. The van der Waals surface area contributed by atoms with Crippen LogP contribution >= 0.6 is 11.3 Å². The summed E-state index contributed by atoms with van der Waals surface area (Å²) in [6.07, 6.45) is 4.08. The van der Waals surface area contributed by atoms with E-state index in [1.165, 1.54) is 0 Å². The van der Waals surface area contributed by atoms with Gasteiger partial charge < -0.3 is 14.6 Å². The molecule has 2 aromatic rings. The Balaban J connectivity index is 1.71. The Morgan fingerprint density at radius 1 is 1.30 bits per heavy atom. The molecule has 0 saturated heterocycles. The van der Waals surface area contributed by atoms with E-state index < -0.39 is 0 Å². The number of thiophene rings is 1. The first-order chi connectivity index (χ1) is 9.83. The minimum Gasteiger partial charge on any atom is -0.382 e. The van der Waals surface area contributed by atoms with Crippen molar-refractivity contribution >= 4 is 21.4 Å². The summed E-state index contributed by atoms with van der Waals surface area (Å²) >= 11 is 1.61. The number of nitrogens with zero attached hydrogens (tertiary/aromatic N) is 1. The summed E-state index contributed by atoms with van der Waals surface area (Å²) in [4.78, 5) is 12.2. The summed E-state index contributed by atoms with van der Waals surface area (Å²) < 4.78 is 8.13. The van der Waals surface area contributed by atoms with Crippen LogP contribution in [0.5, 0.6) is 0 Å². The maximum absolute atomic E-state index is 12.2. The second kappa shape index (κ2) is 8.19. The third-order valence-corrected chi connectivity index (χ3v) is 4.10. The molecule has 1 N–H and O–H groups in total. The number of aromatic nitrogens is 1. The lowest BCUT2D eigenvalue weighted by atomic mass is 10.3. The Morgan fingerprint density at radius 2 is 2.20 bits per heavy atom. The van der Waals surface area contributed by atoms with Gasteiger partial charge in [0.1, 0.15) is 0 Å². The van der Waals surface area contributed by atoms with E-state index in [0.29, 0.717) is 0 Å². The molecule has 2 aromatic heterocycles. The molecule has 20 heavy (non-hydrogen) atoms. The van der Waals surface area contributed by atoms with E-state index in [0.717, 1.165) is 55.8 Å². The van der Waals surface area contributed by atoms with Crippen LogP contribution in [0.1, 0.15) is 19.8 Å². The molecule has 4 nitrogen and oxygen atoms in total. The van der Waals surface area contributed by atoms with E-state index in [-0.39, 0.29) is 5.56 Å². The molecule has 0 unspecified atom stereocenters. The van der Waals surface area contributed by atoms with Gasteiger partial charge in [-0.25, -0.2) is 0 Å². The van der Waals surface area contributed by atoms with Crippen molar-refractivity contribution in [3.8, 4) is 0 Å². The van der Waals surface area contributed by atoms with Gasteiger partial charge in [-0.05, 0) is 43.8 Å². The highest BCUT2D eigenvalue weighted by molar-refractivity contribution is 7.17. The van der Waals surface area contributed by atoms with Crippen molar-refractivity contribution in [2.24, 2.45) is 0 Å². The van der Waals surface area contributed by atoms with Crippen molar-refractivity contribution in [2.75, 3.05) is 26.3 Å². The second-order valence-corrected chi connectivity index (χ2v) is 5.61. The van der Waals surface area contributed by atoms with Gasteiger partial charge in [-0.1, -0.05) is 0 Å². The molecule has 0 aliphatic carbocycles. The van der Waals surface area contributed by atoms with Gasteiger partial charge in [0.15, 0.2) is 0 Å². The van der Waals surface area contributed by atoms with E-state index in [4.69, 9.17) is 4.74 Å². The molecule has 2 rings (SSSR count). The van der Waals surface area contributed by atoms with Gasteiger partial charge in [-0.15, -0.1) is 11.3 Å². The molecule has 110 valence electrons. The molecular formula is C15H22N2O2S. The van der Waals surface area contributed by atoms with Crippen LogP contribution in [-0.2, 0) is 11.3 Å². The van der Waals surface area contributed by atoms with Crippen LogP contribution in [0.15, 0.2) is 28.5 Å². The smallest absolute Gasteiger partial charge is 0.259 e. The first-order valence-electron chi connectivity index (χ1n) is 7.18. The quantitative estimate of drug-likeness (QED) is 0.723. The SMILES string of the molecule is CCOCCCCNCCn1ccc2sccc2c1=O. The molecule has 0 amide bonds. The minimum atomic E-state index is 0.113. The zero-order valence-electron chi connectivity index (χ0n) is 11.9. The summed E-state index contributed by atoms with van der Waals surface area (Å²) in [5, 5.41) is 6.16. The molecule has 0 radical (unpaired) electrons. The molecular weight excluding hydrogens is 272 g/mol. The molecule has 2 heterocycles. The Morgan fingerprint density at radius 3 is 3.05 bits per heavy atom. The van der Waals surface area contributed by atoms with E-state index in [1.807, 2.05) is 30.6 Å². The molecule has 0 aromatic carbocycles. The van der Waals surface area contributed by atoms with E-state index in [9.17, 15) is 4.79 Å². The number of rotatable bonds is 9. The molecule has 0 aliphatic heterocycles. The minimum absolute atomic E-state index is 0.113. The summed E-state index contributed by atoms with van der Waals surface area (Å²) in [6, 6.07) is 3.92. The van der Waals surface area contributed by atoms with Crippen LogP contribution in [0.25, 0.3) is 10.1 Å². The van der Waals surface area contributed by atoms with Crippen LogP contribution in [0.4, 0.5) is 0 Å². The molecule has 5 heteroatoms. The monoisotopic (exact) mass is 294 g/mol.